The summed E-state index contributed by atoms with van der Waals surface area (Å²) in [5.74, 6) is -0.673. The molecule has 1 N–H and O–H groups in total. The standard InChI is InChI=1S/C9H14N2O2S/c1-6(4-11(2)3)8-10-7(5-14-8)9(12)13/h5-6H,4H2,1-3H3,(H,12,13). The van der Waals surface area contributed by atoms with Crippen molar-refractivity contribution < 1.29 is 9.90 Å². The number of carboxylic acid groups (broad SMARTS) is 1. The van der Waals surface area contributed by atoms with E-state index in [0.717, 1.165) is 11.6 Å². The lowest BCUT2D eigenvalue weighted by molar-refractivity contribution is 0.0691. The molecule has 0 saturated carbocycles. The molecule has 0 amide bonds. The first-order valence-corrected chi connectivity index (χ1v) is 5.22. The van der Waals surface area contributed by atoms with Gasteiger partial charge in [0.05, 0.1) is 5.01 Å². The number of nitrogens with zero attached hydrogens (tertiary/aromatic N) is 2. The van der Waals surface area contributed by atoms with E-state index in [-0.39, 0.29) is 11.6 Å². The van der Waals surface area contributed by atoms with Gasteiger partial charge < -0.3 is 10.0 Å². The molecule has 1 heterocycles. The molecule has 1 atom stereocenters. The first-order valence-electron chi connectivity index (χ1n) is 4.34. The van der Waals surface area contributed by atoms with Crippen molar-refractivity contribution >= 4 is 17.3 Å². The summed E-state index contributed by atoms with van der Waals surface area (Å²) >= 11 is 1.41. The van der Waals surface area contributed by atoms with E-state index in [4.69, 9.17) is 5.11 Å². The van der Waals surface area contributed by atoms with Gasteiger partial charge in [-0.05, 0) is 14.1 Å². The van der Waals surface area contributed by atoms with Crippen LogP contribution < -0.4 is 0 Å². The number of aromatic carboxylic acids is 1. The molecule has 0 aliphatic carbocycles. The van der Waals surface area contributed by atoms with E-state index >= 15 is 0 Å². The Kier molecular flexibility index (Phi) is 3.60. The van der Waals surface area contributed by atoms with E-state index < -0.39 is 5.97 Å². The molecule has 0 fully saturated rings. The minimum Gasteiger partial charge on any atom is -0.476 e. The molecule has 1 unspecified atom stereocenters. The van der Waals surface area contributed by atoms with Gasteiger partial charge in [0.2, 0.25) is 0 Å². The van der Waals surface area contributed by atoms with Crippen LogP contribution in [0.5, 0.6) is 0 Å². The average molecular weight is 214 g/mol. The smallest absolute Gasteiger partial charge is 0.355 e. The number of carbonyl (C=O) groups is 1. The Bertz CT molecular complexity index is 322. The minimum absolute atomic E-state index is 0.149. The maximum Gasteiger partial charge on any atom is 0.355 e. The zero-order valence-electron chi connectivity index (χ0n) is 8.52. The fourth-order valence-electron chi connectivity index (χ4n) is 1.24. The predicted octanol–water partition coefficient (Wildman–Crippen LogP) is 1.51. The number of hydrogen-bond donors (Lipinski definition) is 1. The van der Waals surface area contributed by atoms with Crippen LogP contribution in [0.4, 0.5) is 0 Å². The third-order valence-corrected chi connectivity index (χ3v) is 2.88. The third-order valence-electron chi connectivity index (χ3n) is 1.80. The summed E-state index contributed by atoms with van der Waals surface area (Å²) in [5, 5.41) is 11.2. The highest BCUT2D eigenvalue weighted by molar-refractivity contribution is 7.09. The van der Waals surface area contributed by atoms with Crippen molar-refractivity contribution in [2.75, 3.05) is 20.6 Å². The lowest BCUT2D eigenvalue weighted by atomic mass is 10.2. The van der Waals surface area contributed by atoms with Crippen LogP contribution in [0.1, 0.15) is 28.3 Å². The van der Waals surface area contributed by atoms with Gasteiger partial charge in [0.15, 0.2) is 5.69 Å². The first kappa shape index (κ1) is 11.1. The highest BCUT2D eigenvalue weighted by atomic mass is 32.1. The molecule has 1 rings (SSSR count). The maximum absolute atomic E-state index is 10.6. The van der Waals surface area contributed by atoms with E-state index in [9.17, 15) is 4.79 Å². The van der Waals surface area contributed by atoms with Gasteiger partial charge in [-0.2, -0.15) is 0 Å². The Morgan fingerprint density at radius 1 is 1.71 bits per heavy atom. The number of carboxylic acids is 1. The fraction of sp³-hybridized carbons (Fsp3) is 0.556. The molecule has 0 aliphatic rings. The van der Waals surface area contributed by atoms with Crippen molar-refractivity contribution in [3.8, 4) is 0 Å². The second-order valence-corrected chi connectivity index (χ2v) is 4.43. The molecule has 0 saturated heterocycles. The number of aromatic nitrogens is 1. The average Bonchev–Trinajstić information content (AvgIpc) is 2.50. The Hall–Kier alpha value is -0.940. The minimum atomic E-state index is -0.954. The largest absolute Gasteiger partial charge is 0.476 e. The molecular formula is C9H14N2O2S. The highest BCUT2D eigenvalue weighted by Gasteiger charge is 2.14. The van der Waals surface area contributed by atoms with Gasteiger partial charge in [-0.15, -0.1) is 11.3 Å². The van der Waals surface area contributed by atoms with Gasteiger partial charge in [-0.3, -0.25) is 0 Å². The van der Waals surface area contributed by atoms with Gasteiger partial charge in [-0.1, -0.05) is 6.92 Å². The Balaban J connectivity index is 2.71. The van der Waals surface area contributed by atoms with E-state index in [2.05, 4.69) is 9.88 Å². The summed E-state index contributed by atoms with van der Waals surface area (Å²) in [5.41, 5.74) is 0.149. The van der Waals surface area contributed by atoms with Crippen LogP contribution in [0, 0.1) is 0 Å². The monoisotopic (exact) mass is 214 g/mol. The van der Waals surface area contributed by atoms with E-state index in [1.165, 1.54) is 11.3 Å². The Labute approximate surface area is 87.2 Å². The van der Waals surface area contributed by atoms with Gasteiger partial charge >= 0.3 is 5.97 Å². The SMILES string of the molecule is CC(CN(C)C)c1nc(C(=O)O)cs1. The molecule has 0 radical (unpaired) electrons. The van der Waals surface area contributed by atoms with Gasteiger partial charge in [0.25, 0.3) is 0 Å². The van der Waals surface area contributed by atoms with Crippen molar-refractivity contribution in [2.24, 2.45) is 0 Å². The normalized spacial score (nSPS) is 13.1. The second-order valence-electron chi connectivity index (χ2n) is 3.54. The van der Waals surface area contributed by atoms with Crippen LogP contribution in [0.25, 0.3) is 0 Å². The lowest BCUT2D eigenvalue weighted by Gasteiger charge is -2.14. The topological polar surface area (TPSA) is 53.4 Å². The second kappa shape index (κ2) is 4.52. The summed E-state index contributed by atoms with van der Waals surface area (Å²) in [6.45, 7) is 2.93. The lowest BCUT2D eigenvalue weighted by Crippen LogP contribution is -2.18. The molecule has 1 aromatic heterocycles. The maximum atomic E-state index is 10.6. The number of likely N-dealkylation sites (N-methyl/N-ethyl adjacent to an activating group) is 1. The number of hydrogen-bond acceptors (Lipinski definition) is 4. The molecule has 4 nitrogen and oxygen atoms in total. The van der Waals surface area contributed by atoms with Gasteiger partial charge in [-0.25, -0.2) is 9.78 Å². The van der Waals surface area contributed by atoms with Gasteiger partial charge in [0, 0.05) is 17.8 Å². The summed E-state index contributed by atoms with van der Waals surface area (Å²) in [6, 6.07) is 0. The van der Waals surface area contributed by atoms with E-state index in [1.54, 1.807) is 5.38 Å². The molecule has 0 aliphatic heterocycles. The summed E-state index contributed by atoms with van der Waals surface area (Å²) in [6.07, 6.45) is 0. The zero-order chi connectivity index (χ0) is 10.7. The molecule has 78 valence electrons. The summed E-state index contributed by atoms with van der Waals surface area (Å²) in [4.78, 5) is 16.7. The number of thiazole rings is 1. The fourth-order valence-corrected chi connectivity index (χ4v) is 2.08. The van der Waals surface area contributed by atoms with E-state index in [0.29, 0.717) is 0 Å². The predicted molar refractivity (Wildman–Crippen MR) is 56.0 cm³/mol. The third kappa shape index (κ3) is 2.78. The van der Waals surface area contributed by atoms with Crippen molar-refractivity contribution in [2.45, 2.75) is 12.8 Å². The van der Waals surface area contributed by atoms with Crippen LogP contribution in [0.15, 0.2) is 5.38 Å². The van der Waals surface area contributed by atoms with Crippen LogP contribution >= 0.6 is 11.3 Å². The molecule has 1 aromatic rings. The molecule has 0 bridgehead atoms. The van der Waals surface area contributed by atoms with Crippen LogP contribution in [0.2, 0.25) is 0 Å². The molecule has 0 spiro atoms. The van der Waals surface area contributed by atoms with Crippen molar-refractivity contribution in [3.63, 3.8) is 0 Å². The van der Waals surface area contributed by atoms with E-state index in [1.807, 2.05) is 21.0 Å². The van der Waals surface area contributed by atoms with Crippen LogP contribution in [0.3, 0.4) is 0 Å². The van der Waals surface area contributed by atoms with Crippen LogP contribution in [-0.4, -0.2) is 41.6 Å². The molecule has 14 heavy (non-hydrogen) atoms. The van der Waals surface area contributed by atoms with Crippen LogP contribution in [-0.2, 0) is 0 Å². The zero-order valence-corrected chi connectivity index (χ0v) is 9.34. The van der Waals surface area contributed by atoms with Crippen molar-refractivity contribution in [1.82, 2.24) is 9.88 Å². The summed E-state index contributed by atoms with van der Waals surface area (Å²) < 4.78 is 0. The Morgan fingerprint density at radius 3 is 2.79 bits per heavy atom. The highest BCUT2D eigenvalue weighted by Crippen LogP contribution is 2.20. The quantitative estimate of drug-likeness (QED) is 0.825. The van der Waals surface area contributed by atoms with Crippen molar-refractivity contribution in [3.05, 3.63) is 16.1 Å². The number of rotatable bonds is 4. The molecule has 0 aromatic carbocycles. The first-order chi connectivity index (χ1) is 6.50. The molecule has 5 heteroatoms. The summed E-state index contributed by atoms with van der Waals surface area (Å²) in [7, 11) is 3.98. The Morgan fingerprint density at radius 2 is 2.36 bits per heavy atom. The van der Waals surface area contributed by atoms with Crippen molar-refractivity contribution in [1.29, 1.82) is 0 Å². The van der Waals surface area contributed by atoms with Gasteiger partial charge in [0.1, 0.15) is 0 Å². The molecular weight excluding hydrogens is 200 g/mol.